The summed E-state index contributed by atoms with van der Waals surface area (Å²) in [6.07, 6.45) is 0. The molecule has 6 heteroatoms. The quantitative estimate of drug-likeness (QED) is 0.885. The van der Waals surface area contributed by atoms with Gasteiger partial charge in [-0.1, -0.05) is 48.2 Å². The second-order valence-corrected chi connectivity index (χ2v) is 6.91. The maximum atomic E-state index is 4.25. The van der Waals surface area contributed by atoms with E-state index >= 15 is 0 Å². The topological polar surface area (TPSA) is 41.1 Å². The molecule has 0 radical (unpaired) electrons. The van der Waals surface area contributed by atoms with E-state index in [1.807, 2.05) is 19.0 Å². The van der Waals surface area contributed by atoms with E-state index in [0.717, 1.165) is 16.0 Å². The number of hydrogen-bond acceptors (Lipinski definition) is 6. The van der Waals surface area contributed by atoms with Gasteiger partial charge in [0.25, 0.3) is 0 Å². The number of aromatic nitrogens is 2. The van der Waals surface area contributed by atoms with E-state index in [4.69, 9.17) is 0 Å². The van der Waals surface area contributed by atoms with E-state index in [-0.39, 0.29) is 0 Å². The van der Waals surface area contributed by atoms with E-state index in [1.54, 1.807) is 23.1 Å². The molecule has 2 aromatic rings. The number of nitrogens with zero attached hydrogens (tertiary/aromatic N) is 3. The fourth-order valence-corrected chi connectivity index (χ4v) is 3.81. The van der Waals surface area contributed by atoms with E-state index in [0.29, 0.717) is 6.04 Å². The highest BCUT2D eigenvalue weighted by atomic mass is 32.2. The van der Waals surface area contributed by atoms with Gasteiger partial charge in [0.2, 0.25) is 5.13 Å². The van der Waals surface area contributed by atoms with Crippen LogP contribution in [0.25, 0.3) is 0 Å². The molecule has 0 aliphatic carbocycles. The van der Waals surface area contributed by atoms with Gasteiger partial charge in [-0.15, -0.1) is 10.2 Å². The summed E-state index contributed by atoms with van der Waals surface area (Å²) < 4.78 is 0.977. The van der Waals surface area contributed by atoms with Crippen LogP contribution in [-0.2, 0) is 0 Å². The summed E-state index contributed by atoms with van der Waals surface area (Å²) in [5.41, 5.74) is 1.31. The molecule has 20 heavy (non-hydrogen) atoms. The van der Waals surface area contributed by atoms with E-state index in [1.165, 1.54) is 10.5 Å². The Morgan fingerprint density at radius 3 is 2.70 bits per heavy atom. The van der Waals surface area contributed by atoms with Crippen LogP contribution in [0.15, 0.2) is 33.5 Å². The third-order valence-corrected chi connectivity index (χ3v) is 5.11. The highest BCUT2D eigenvalue weighted by molar-refractivity contribution is 8.01. The predicted octanol–water partition coefficient (Wildman–Crippen LogP) is 3.43. The molecular weight excluding hydrogens is 288 g/mol. The predicted molar refractivity (Wildman–Crippen MR) is 86.9 cm³/mol. The Hall–Kier alpha value is -1.11. The average Bonchev–Trinajstić information content (AvgIpc) is 2.88. The Morgan fingerprint density at radius 1 is 1.30 bits per heavy atom. The lowest BCUT2D eigenvalue weighted by Crippen LogP contribution is -2.18. The van der Waals surface area contributed by atoms with Crippen molar-refractivity contribution in [1.29, 1.82) is 0 Å². The first-order valence-corrected chi connectivity index (χ1v) is 8.26. The second kappa shape index (κ2) is 7.06. The summed E-state index contributed by atoms with van der Waals surface area (Å²) >= 11 is 3.30. The molecular formula is C14H20N4S2. The molecule has 1 aromatic heterocycles. The van der Waals surface area contributed by atoms with E-state index < -0.39 is 0 Å². The standard InChI is InChI=1S/C14H20N4S2/c1-5-15-10(2)11-8-6-7-9-12(11)19-14-17-16-13(20-14)18(3)4/h6-10,15H,5H2,1-4H3. The van der Waals surface area contributed by atoms with Gasteiger partial charge in [-0.25, -0.2) is 0 Å². The first kappa shape index (κ1) is 15.3. The van der Waals surface area contributed by atoms with Crippen molar-refractivity contribution >= 4 is 28.2 Å². The summed E-state index contributed by atoms with van der Waals surface area (Å²) in [5, 5.41) is 12.8. The molecule has 1 heterocycles. The number of benzene rings is 1. The van der Waals surface area contributed by atoms with Crippen LogP contribution in [0.4, 0.5) is 5.13 Å². The van der Waals surface area contributed by atoms with Crippen LogP contribution < -0.4 is 10.2 Å². The summed E-state index contributed by atoms with van der Waals surface area (Å²) in [7, 11) is 3.96. The maximum Gasteiger partial charge on any atom is 0.208 e. The lowest BCUT2D eigenvalue weighted by Gasteiger charge is -2.15. The number of rotatable bonds is 6. The zero-order chi connectivity index (χ0) is 14.5. The molecule has 2 rings (SSSR count). The normalized spacial score (nSPS) is 12.4. The molecule has 0 saturated heterocycles. The number of hydrogen-bond donors (Lipinski definition) is 1. The van der Waals surface area contributed by atoms with E-state index in [9.17, 15) is 0 Å². The summed E-state index contributed by atoms with van der Waals surface area (Å²) in [6.45, 7) is 5.28. The molecule has 0 fully saturated rings. The SMILES string of the molecule is CCNC(C)c1ccccc1Sc1nnc(N(C)C)s1. The minimum atomic E-state index is 0.338. The average molecular weight is 308 g/mol. The minimum Gasteiger partial charge on any atom is -0.353 e. The molecule has 1 N–H and O–H groups in total. The molecule has 0 spiro atoms. The lowest BCUT2D eigenvalue weighted by atomic mass is 10.1. The monoisotopic (exact) mass is 308 g/mol. The van der Waals surface area contributed by atoms with Crippen molar-refractivity contribution in [3.05, 3.63) is 29.8 Å². The van der Waals surface area contributed by atoms with Crippen LogP contribution in [0.5, 0.6) is 0 Å². The van der Waals surface area contributed by atoms with Gasteiger partial charge in [0.15, 0.2) is 4.34 Å². The summed E-state index contributed by atoms with van der Waals surface area (Å²) in [5.74, 6) is 0. The molecule has 108 valence electrons. The van der Waals surface area contributed by atoms with Crippen molar-refractivity contribution in [2.24, 2.45) is 0 Å². The Labute approximate surface area is 128 Å². The Morgan fingerprint density at radius 2 is 2.05 bits per heavy atom. The van der Waals surface area contributed by atoms with Crippen LogP contribution >= 0.6 is 23.1 Å². The molecule has 0 aliphatic rings. The third kappa shape index (κ3) is 3.71. The van der Waals surface area contributed by atoms with Crippen molar-refractivity contribution in [3.8, 4) is 0 Å². The largest absolute Gasteiger partial charge is 0.353 e. The smallest absolute Gasteiger partial charge is 0.208 e. The zero-order valence-corrected chi connectivity index (χ0v) is 13.9. The third-order valence-electron chi connectivity index (χ3n) is 2.87. The van der Waals surface area contributed by atoms with Crippen LogP contribution in [-0.4, -0.2) is 30.8 Å². The van der Waals surface area contributed by atoms with Gasteiger partial charge in [-0.05, 0) is 25.1 Å². The summed E-state index contributed by atoms with van der Waals surface area (Å²) in [4.78, 5) is 3.22. The zero-order valence-electron chi connectivity index (χ0n) is 12.3. The molecule has 1 unspecified atom stereocenters. The van der Waals surface area contributed by atoms with Crippen molar-refractivity contribution in [3.63, 3.8) is 0 Å². The van der Waals surface area contributed by atoms with Gasteiger partial charge in [0.1, 0.15) is 0 Å². The molecule has 4 nitrogen and oxygen atoms in total. The van der Waals surface area contributed by atoms with Gasteiger partial charge in [0, 0.05) is 25.0 Å². The second-order valence-electron chi connectivity index (χ2n) is 4.66. The molecule has 0 aliphatic heterocycles. The minimum absolute atomic E-state index is 0.338. The van der Waals surface area contributed by atoms with Crippen LogP contribution in [0, 0.1) is 0 Å². The van der Waals surface area contributed by atoms with Crippen molar-refractivity contribution in [2.45, 2.75) is 29.1 Å². The lowest BCUT2D eigenvalue weighted by molar-refractivity contribution is 0.590. The molecule has 0 saturated carbocycles. The van der Waals surface area contributed by atoms with Crippen molar-refractivity contribution in [2.75, 3.05) is 25.5 Å². The fourth-order valence-electron chi connectivity index (χ4n) is 1.87. The summed E-state index contributed by atoms with van der Waals surface area (Å²) in [6, 6.07) is 8.80. The molecule has 1 atom stereocenters. The molecule has 1 aromatic carbocycles. The first-order chi connectivity index (χ1) is 9.61. The Balaban J connectivity index is 2.19. The molecule has 0 bridgehead atoms. The highest BCUT2D eigenvalue weighted by Crippen LogP contribution is 2.36. The Bertz CT molecular complexity index is 554. The maximum absolute atomic E-state index is 4.25. The van der Waals surface area contributed by atoms with Gasteiger partial charge in [-0.2, -0.15) is 0 Å². The fraction of sp³-hybridized carbons (Fsp3) is 0.429. The number of anilines is 1. The molecule has 0 amide bonds. The van der Waals surface area contributed by atoms with Crippen LogP contribution in [0.3, 0.4) is 0 Å². The van der Waals surface area contributed by atoms with Gasteiger partial charge in [-0.3, -0.25) is 0 Å². The van der Waals surface area contributed by atoms with Gasteiger partial charge in [0.05, 0.1) is 0 Å². The van der Waals surface area contributed by atoms with Crippen LogP contribution in [0.2, 0.25) is 0 Å². The Kier molecular flexibility index (Phi) is 5.39. The van der Waals surface area contributed by atoms with Gasteiger partial charge >= 0.3 is 0 Å². The number of nitrogens with one attached hydrogen (secondary N) is 1. The van der Waals surface area contributed by atoms with E-state index in [2.05, 4.69) is 53.6 Å². The van der Waals surface area contributed by atoms with Crippen LogP contribution in [0.1, 0.15) is 25.5 Å². The van der Waals surface area contributed by atoms with Crippen molar-refractivity contribution in [1.82, 2.24) is 15.5 Å². The van der Waals surface area contributed by atoms with Gasteiger partial charge < -0.3 is 10.2 Å². The highest BCUT2D eigenvalue weighted by Gasteiger charge is 2.13. The van der Waals surface area contributed by atoms with Crippen molar-refractivity contribution < 1.29 is 0 Å². The first-order valence-electron chi connectivity index (χ1n) is 6.62.